The Morgan fingerprint density at radius 2 is 1.70 bits per heavy atom. The molecule has 1 aliphatic heterocycles. The monoisotopic (exact) mass is 370 g/mol. The molecule has 1 amide bonds. The number of amides is 1. The Bertz CT molecular complexity index is 768. The summed E-state index contributed by atoms with van der Waals surface area (Å²) in [6.45, 7) is 3.83. The van der Waals surface area contributed by atoms with E-state index in [0.717, 1.165) is 42.3 Å². The molecule has 0 spiro atoms. The summed E-state index contributed by atoms with van der Waals surface area (Å²) >= 11 is 0. The molecular weight excluding hydrogens is 344 g/mol. The van der Waals surface area contributed by atoms with E-state index < -0.39 is 0 Å². The first-order valence-corrected chi connectivity index (χ1v) is 9.08. The molecule has 0 atom stereocenters. The summed E-state index contributed by atoms with van der Waals surface area (Å²) in [5.41, 5.74) is 2.00. The Labute approximate surface area is 159 Å². The molecule has 3 rings (SSSR count). The number of hydrogen-bond donors (Lipinski definition) is 1. The third-order valence-corrected chi connectivity index (χ3v) is 4.90. The maximum absolute atomic E-state index is 12.5. The minimum Gasteiger partial charge on any atom is -0.508 e. The second-order valence-electron chi connectivity index (χ2n) is 6.68. The predicted octanol–water partition coefficient (Wildman–Crippen LogP) is 2.30. The standard InChI is InChI=1S/C21H26N2O4/c1-26-19-7-8-20(27-2)17(14-19)15-22-9-11-23(12-10-22)21(25)13-16-3-5-18(24)6-4-16/h3-8,14,24H,9-13,15H2,1-2H3. The molecule has 0 radical (unpaired) electrons. The lowest BCUT2D eigenvalue weighted by molar-refractivity contribution is -0.132. The van der Waals surface area contributed by atoms with E-state index in [0.29, 0.717) is 19.5 Å². The van der Waals surface area contributed by atoms with Crippen molar-refractivity contribution >= 4 is 5.91 Å². The molecule has 144 valence electrons. The van der Waals surface area contributed by atoms with Crippen LogP contribution in [0.4, 0.5) is 0 Å². The predicted molar refractivity (Wildman–Crippen MR) is 103 cm³/mol. The maximum atomic E-state index is 12.5. The van der Waals surface area contributed by atoms with Gasteiger partial charge in [0.2, 0.25) is 5.91 Å². The fourth-order valence-electron chi connectivity index (χ4n) is 3.30. The van der Waals surface area contributed by atoms with Crippen molar-refractivity contribution in [3.8, 4) is 17.2 Å². The van der Waals surface area contributed by atoms with Crippen LogP contribution in [0.15, 0.2) is 42.5 Å². The Balaban J connectivity index is 1.54. The van der Waals surface area contributed by atoms with Crippen LogP contribution in [0, 0.1) is 0 Å². The molecule has 1 fully saturated rings. The summed E-state index contributed by atoms with van der Waals surface area (Å²) < 4.78 is 10.8. The number of phenols is 1. The number of benzene rings is 2. The van der Waals surface area contributed by atoms with Crippen LogP contribution in [0.5, 0.6) is 17.2 Å². The van der Waals surface area contributed by atoms with Crippen LogP contribution < -0.4 is 9.47 Å². The van der Waals surface area contributed by atoms with Gasteiger partial charge in [-0.05, 0) is 35.9 Å². The van der Waals surface area contributed by atoms with Crippen molar-refractivity contribution in [3.63, 3.8) is 0 Å². The van der Waals surface area contributed by atoms with Gasteiger partial charge in [0, 0.05) is 38.3 Å². The molecule has 0 aliphatic carbocycles. The number of rotatable bonds is 6. The number of ether oxygens (including phenoxy) is 2. The first-order chi connectivity index (χ1) is 13.1. The molecule has 6 nitrogen and oxygen atoms in total. The van der Waals surface area contributed by atoms with Gasteiger partial charge in [0.15, 0.2) is 0 Å². The van der Waals surface area contributed by atoms with E-state index >= 15 is 0 Å². The summed E-state index contributed by atoms with van der Waals surface area (Å²) in [7, 11) is 3.33. The minimum absolute atomic E-state index is 0.124. The molecule has 0 unspecified atom stereocenters. The molecule has 0 saturated carbocycles. The summed E-state index contributed by atoms with van der Waals surface area (Å²) in [4.78, 5) is 16.7. The number of aromatic hydroxyl groups is 1. The molecule has 1 saturated heterocycles. The number of piperazine rings is 1. The summed E-state index contributed by atoms with van der Waals surface area (Å²) in [6, 6.07) is 12.6. The van der Waals surface area contributed by atoms with Gasteiger partial charge in [-0.15, -0.1) is 0 Å². The highest BCUT2D eigenvalue weighted by Gasteiger charge is 2.22. The number of hydrogen-bond acceptors (Lipinski definition) is 5. The lowest BCUT2D eigenvalue weighted by Gasteiger charge is -2.35. The number of carbonyl (C=O) groups is 1. The van der Waals surface area contributed by atoms with Crippen LogP contribution >= 0.6 is 0 Å². The smallest absolute Gasteiger partial charge is 0.227 e. The third kappa shape index (κ3) is 4.92. The third-order valence-electron chi connectivity index (χ3n) is 4.90. The number of phenolic OH excluding ortho intramolecular Hbond substituents is 1. The lowest BCUT2D eigenvalue weighted by atomic mass is 10.1. The Kier molecular flexibility index (Phi) is 6.19. The van der Waals surface area contributed by atoms with Crippen molar-refractivity contribution in [2.24, 2.45) is 0 Å². The van der Waals surface area contributed by atoms with Crippen LogP contribution in [0.3, 0.4) is 0 Å². The van der Waals surface area contributed by atoms with E-state index in [1.807, 2.05) is 23.1 Å². The van der Waals surface area contributed by atoms with E-state index in [1.165, 1.54) is 0 Å². The second kappa shape index (κ2) is 8.77. The van der Waals surface area contributed by atoms with Crippen LogP contribution in [0.1, 0.15) is 11.1 Å². The Hall–Kier alpha value is -2.73. The fraction of sp³-hybridized carbons (Fsp3) is 0.381. The molecule has 27 heavy (non-hydrogen) atoms. The highest BCUT2D eigenvalue weighted by Crippen LogP contribution is 2.25. The summed E-state index contributed by atoms with van der Waals surface area (Å²) in [5, 5.41) is 9.34. The zero-order valence-corrected chi connectivity index (χ0v) is 15.9. The van der Waals surface area contributed by atoms with Gasteiger partial charge in [-0.1, -0.05) is 12.1 Å². The van der Waals surface area contributed by atoms with E-state index in [9.17, 15) is 9.90 Å². The van der Waals surface area contributed by atoms with Crippen LogP contribution in [0.2, 0.25) is 0 Å². The average Bonchev–Trinajstić information content (AvgIpc) is 2.70. The SMILES string of the molecule is COc1ccc(OC)c(CN2CCN(C(=O)Cc3ccc(O)cc3)CC2)c1. The Morgan fingerprint density at radius 3 is 2.33 bits per heavy atom. The van der Waals surface area contributed by atoms with Gasteiger partial charge in [0.1, 0.15) is 17.2 Å². The van der Waals surface area contributed by atoms with Gasteiger partial charge in [0.05, 0.1) is 20.6 Å². The van der Waals surface area contributed by atoms with E-state index in [-0.39, 0.29) is 11.7 Å². The van der Waals surface area contributed by atoms with Crippen molar-refractivity contribution < 1.29 is 19.4 Å². The highest BCUT2D eigenvalue weighted by molar-refractivity contribution is 5.79. The largest absolute Gasteiger partial charge is 0.508 e. The van der Waals surface area contributed by atoms with Crippen molar-refractivity contribution in [3.05, 3.63) is 53.6 Å². The topological polar surface area (TPSA) is 62.2 Å². The van der Waals surface area contributed by atoms with Crippen molar-refractivity contribution in [2.75, 3.05) is 40.4 Å². The highest BCUT2D eigenvalue weighted by atomic mass is 16.5. The number of carbonyl (C=O) groups excluding carboxylic acids is 1. The summed E-state index contributed by atoms with van der Waals surface area (Å²) in [6.07, 6.45) is 0.365. The quantitative estimate of drug-likeness (QED) is 0.845. The molecule has 0 aromatic heterocycles. The molecule has 0 bridgehead atoms. The average molecular weight is 370 g/mol. The van der Waals surface area contributed by atoms with Crippen LogP contribution in [-0.4, -0.2) is 61.2 Å². The van der Waals surface area contributed by atoms with Crippen molar-refractivity contribution in [2.45, 2.75) is 13.0 Å². The van der Waals surface area contributed by atoms with E-state index in [2.05, 4.69) is 4.90 Å². The number of methoxy groups -OCH3 is 2. The van der Waals surface area contributed by atoms with Gasteiger partial charge in [-0.3, -0.25) is 9.69 Å². The lowest BCUT2D eigenvalue weighted by Crippen LogP contribution is -2.48. The first-order valence-electron chi connectivity index (χ1n) is 9.08. The van der Waals surface area contributed by atoms with Crippen LogP contribution in [-0.2, 0) is 17.8 Å². The van der Waals surface area contributed by atoms with Crippen LogP contribution in [0.25, 0.3) is 0 Å². The first kappa shape index (κ1) is 19.0. The van der Waals surface area contributed by atoms with Gasteiger partial charge in [0.25, 0.3) is 0 Å². The molecule has 1 N–H and O–H groups in total. The van der Waals surface area contributed by atoms with Gasteiger partial charge in [-0.25, -0.2) is 0 Å². The molecule has 6 heteroatoms. The number of nitrogens with zero attached hydrogens (tertiary/aromatic N) is 2. The fourth-order valence-corrected chi connectivity index (χ4v) is 3.30. The Morgan fingerprint density at radius 1 is 1.00 bits per heavy atom. The van der Waals surface area contributed by atoms with E-state index in [4.69, 9.17) is 9.47 Å². The molecular formula is C21H26N2O4. The van der Waals surface area contributed by atoms with Gasteiger partial charge < -0.3 is 19.5 Å². The maximum Gasteiger partial charge on any atom is 0.227 e. The zero-order valence-electron chi connectivity index (χ0n) is 15.9. The summed E-state index contributed by atoms with van der Waals surface area (Å²) in [5.74, 6) is 2.00. The normalized spacial score (nSPS) is 14.8. The van der Waals surface area contributed by atoms with Gasteiger partial charge in [-0.2, -0.15) is 0 Å². The van der Waals surface area contributed by atoms with Crippen molar-refractivity contribution in [1.82, 2.24) is 9.80 Å². The molecule has 2 aromatic carbocycles. The molecule has 1 aliphatic rings. The van der Waals surface area contributed by atoms with Gasteiger partial charge >= 0.3 is 0 Å². The zero-order chi connectivity index (χ0) is 19.2. The minimum atomic E-state index is 0.124. The van der Waals surface area contributed by atoms with E-state index in [1.54, 1.807) is 38.5 Å². The molecule has 1 heterocycles. The second-order valence-corrected chi connectivity index (χ2v) is 6.68. The molecule has 2 aromatic rings. The van der Waals surface area contributed by atoms with Crippen molar-refractivity contribution in [1.29, 1.82) is 0 Å².